The second kappa shape index (κ2) is 9.52. The lowest BCUT2D eigenvalue weighted by Gasteiger charge is -2.31. The summed E-state index contributed by atoms with van der Waals surface area (Å²) in [5.74, 6) is -0.485. The molecule has 0 saturated carbocycles. The Balaban J connectivity index is 1.29. The van der Waals surface area contributed by atoms with Gasteiger partial charge in [-0.25, -0.2) is 8.42 Å². The highest BCUT2D eigenvalue weighted by molar-refractivity contribution is 7.91. The van der Waals surface area contributed by atoms with E-state index in [-0.39, 0.29) is 18.4 Å². The Morgan fingerprint density at radius 1 is 1.06 bits per heavy atom. The molecule has 2 aromatic carbocycles. The summed E-state index contributed by atoms with van der Waals surface area (Å²) in [5.41, 5.74) is 4.46. The maximum Gasteiger partial charge on any atom is 0.252 e. The third-order valence-electron chi connectivity index (χ3n) is 6.68. The number of anilines is 2. The smallest absolute Gasteiger partial charge is 0.252 e. The van der Waals surface area contributed by atoms with E-state index in [2.05, 4.69) is 34.5 Å². The molecule has 1 unspecified atom stereocenters. The summed E-state index contributed by atoms with van der Waals surface area (Å²) < 4.78 is 28.0. The van der Waals surface area contributed by atoms with Crippen molar-refractivity contribution in [1.82, 2.24) is 4.31 Å². The lowest BCUT2D eigenvalue weighted by molar-refractivity contribution is -0.120. The lowest BCUT2D eigenvalue weighted by Crippen LogP contribution is -2.43. The lowest BCUT2D eigenvalue weighted by atomic mass is 9.98. The van der Waals surface area contributed by atoms with Crippen molar-refractivity contribution in [2.45, 2.75) is 36.9 Å². The standard InChI is InChI=1S/C26H29N3O3S2/c1-19-12-13-25(33-19)34(31,32)29-15-6-9-22(18-29)26(30)27-23-10-4-2-8-21(23)17-28-16-14-20-7-3-5-11-24(20)28/h2-5,7-8,10-13,22H,6,9,14-18H2,1H3,(H,27,30). The van der Waals surface area contributed by atoms with Crippen molar-refractivity contribution in [1.29, 1.82) is 0 Å². The van der Waals surface area contributed by atoms with Gasteiger partial charge >= 0.3 is 0 Å². The fourth-order valence-electron chi connectivity index (χ4n) is 4.84. The van der Waals surface area contributed by atoms with Crippen LogP contribution in [0.5, 0.6) is 0 Å². The van der Waals surface area contributed by atoms with E-state index >= 15 is 0 Å². The summed E-state index contributed by atoms with van der Waals surface area (Å²) in [5, 5.41) is 3.11. The molecule has 34 heavy (non-hydrogen) atoms. The summed E-state index contributed by atoms with van der Waals surface area (Å²) in [6.07, 6.45) is 2.39. The third-order valence-corrected chi connectivity index (χ3v) is 10.0. The van der Waals surface area contributed by atoms with Crippen molar-refractivity contribution < 1.29 is 13.2 Å². The maximum atomic E-state index is 13.2. The summed E-state index contributed by atoms with van der Waals surface area (Å²) >= 11 is 1.28. The first-order valence-electron chi connectivity index (χ1n) is 11.7. The van der Waals surface area contributed by atoms with E-state index < -0.39 is 10.0 Å². The average Bonchev–Trinajstić information content (AvgIpc) is 3.47. The van der Waals surface area contributed by atoms with Gasteiger partial charge in [0.25, 0.3) is 10.0 Å². The number of fused-ring (bicyclic) bond motifs is 1. The highest BCUT2D eigenvalue weighted by Crippen LogP contribution is 2.31. The van der Waals surface area contributed by atoms with Crippen molar-refractivity contribution in [2.24, 2.45) is 5.92 Å². The Bertz CT molecular complexity index is 1300. The van der Waals surface area contributed by atoms with Crippen molar-refractivity contribution >= 4 is 38.6 Å². The van der Waals surface area contributed by atoms with Gasteiger partial charge in [-0.1, -0.05) is 36.4 Å². The molecule has 8 heteroatoms. The Morgan fingerprint density at radius 2 is 1.85 bits per heavy atom. The molecular formula is C26H29N3O3S2. The van der Waals surface area contributed by atoms with Gasteiger partial charge in [0.15, 0.2) is 0 Å². The second-order valence-electron chi connectivity index (χ2n) is 9.01. The number of amides is 1. The van der Waals surface area contributed by atoms with Crippen LogP contribution in [0.4, 0.5) is 11.4 Å². The molecule has 1 amide bonds. The van der Waals surface area contributed by atoms with E-state index in [1.165, 1.54) is 26.9 Å². The summed E-state index contributed by atoms with van der Waals surface area (Å²) in [7, 11) is -3.57. The van der Waals surface area contributed by atoms with Gasteiger partial charge in [0, 0.05) is 42.4 Å². The number of sulfonamides is 1. The van der Waals surface area contributed by atoms with Crippen LogP contribution < -0.4 is 10.2 Å². The van der Waals surface area contributed by atoms with Crippen LogP contribution in [0.25, 0.3) is 0 Å². The van der Waals surface area contributed by atoms with Gasteiger partial charge in [-0.15, -0.1) is 11.3 Å². The topological polar surface area (TPSA) is 69.7 Å². The first-order valence-corrected chi connectivity index (χ1v) is 14.0. The number of nitrogens with zero attached hydrogens (tertiary/aromatic N) is 2. The van der Waals surface area contributed by atoms with Crippen molar-refractivity contribution in [3.63, 3.8) is 0 Å². The van der Waals surface area contributed by atoms with Gasteiger partial charge in [-0.05, 0) is 61.6 Å². The predicted octanol–water partition coefficient (Wildman–Crippen LogP) is 4.66. The Kier molecular flexibility index (Phi) is 6.46. The number of benzene rings is 2. The Hall–Kier alpha value is -2.68. The fourth-order valence-corrected chi connectivity index (χ4v) is 7.81. The molecule has 6 nitrogen and oxygen atoms in total. The van der Waals surface area contributed by atoms with Gasteiger partial charge in [0.1, 0.15) is 4.21 Å². The maximum absolute atomic E-state index is 13.2. The molecule has 0 radical (unpaired) electrons. The van der Waals surface area contributed by atoms with Crippen LogP contribution in [0.15, 0.2) is 64.9 Å². The zero-order chi connectivity index (χ0) is 23.7. The number of hydrogen-bond donors (Lipinski definition) is 1. The molecule has 0 spiro atoms. The van der Waals surface area contributed by atoms with Crippen LogP contribution >= 0.6 is 11.3 Å². The minimum absolute atomic E-state index is 0.114. The first kappa shape index (κ1) is 23.1. The molecule has 178 valence electrons. The van der Waals surface area contributed by atoms with Crippen LogP contribution in [0, 0.1) is 12.8 Å². The highest BCUT2D eigenvalue weighted by atomic mass is 32.2. The quantitative estimate of drug-likeness (QED) is 0.540. The number of rotatable bonds is 6. The van der Waals surface area contributed by atoms with Crippen LogP contribution in [0.2, 0.25) is 0 Å². The van der Waals surface area contributed by atoms with E-state index in [1.807, 2.05) is 37.3 Å². The molecule has 1 saturated heterocycles. The van der Waals surface area contributed by atoms with E-state index in [0.717, 1.165) is 35.6 Å². The van der Waals surface area contributed by atoms with E-state index in [9.17, 15) is 13.2 Å². The largest absolute Gasteiger partial charge is 0.367 e. The Morgan fingerprint density at radius 3 is 2.68 bits per heavy atom. The van der Waals surface area contributed by atoms with Gasteiger partial charge in [0.2, 0.25) is 5.91 Å². The van der Waals surface area contributed by atoms with E-state index in [0.29, 0.717) is 23.6 Å². The van der Waals surface area contributed by atoms with Crippen LogP contribution in [-0.2, 0) is 27.8 Å². The number of para-hydroxylation sites is 2. The molecule has 1 N–H and O–H groups in total. The molecule has 0 aliphatic carbocycles. The zero-order valence-electron chi connectivity index (χ0n) is 19.2. The number of piperidine rings is 1. The number of carbonyl (C=O) groups is 1. The average molecular weight is 496 g/mol. The molecule has 1 fully saturated rings. The Labute approximate surface area is 205 Å². The monoisotopic (exact) mass is 495 g/mol. The fraction of sp³-hybridized carbons (Fsp3) is 0.346. The van der Waals surface area contributed by atoms with Crippen LogP contribution in [0.1, 0.15) is 28.8 Å². The van der Waals surface area contributed by atoms with Crippen molar-refractivity contribution in [2.75, 3.05) is 29.9 Å². The second-order valence-corrected chi connectivity index (χ2v) is 12.5. The number of carbonyl (C=O) groups excluding carboxylic acids is 1. The molecule has 2 aliphatic rings. The van der Waals surface area contributed by atoms with E-state index in [1.54, 1.807) is 6.07 Å². The molecule has 3 heterocycles. The van der Waals surface area contributed by atoms with E-state index in [4.69, 9.17) is 0 Å². The molecule has 0 bridgehead atoms. The predicted molar refractivity (Wildman–Crippen MR) is 137 cm³/mol. The summed E-state index contributed by atoms with van der Waals surface area (Å²) in [4.78, 5) is 16.5. The third kappa shape index (κ3) is 4.62. The molecule has 1 aromatic heterocycles. The molecule has 5 rings (SSSR count). The SMILES string of the molecule is Cc1ccc(S(=O)(=O)N2CCCC(C(=O)Nc3ccccc3CN3CCc4ccccc43)C2)s1. The minimum Gasteiger partial charge on any atom is -0.367 e. The van der Waals surface area contributed by atoms with Gasteiger partial charge in [0.05, 0.1) is 5.92 Å². The molecule has 3 aromatic rings. The molecule has 2 aliphatic heterocycles. The number of aryl methyl sites for hydroxylation is 1. The van der Waals surface area contributed by atoms with Gasteiger partial charge < -0.3 is 10.2 Å². The normalized spacial score (nSPS) is 18.6. The number of hydrogen-bond acceptors (Lipinski definition) is 5. The summed E-state index contributed by atoms with van der Waals surface area (Å²) in [6, 6.07) is 19.8. The van der Waals surface area contributed by atoms with Crippen LogP contribution in [0.3, 0.4) is 0 Å². The highest BCUT2D eigenvalue weighted by Gasteiger charge is 2.34. The minimum atomic E-state index is -3.57. The summed E-state index contributed by atoms with van der Waals surface area (Å²) in [6.45, 7) is 4.24. The van der Waals surface area contributed by atoms with Gasteiger partial charge in [-0.2, -0.15) is 4.31 Å². The number of nitrogens with one attached hydrogen (secondary N) is 1. The molecular weight excluding hydrogens is 466 g/mol. The van der Waals surface area contributed by atoms with Gasteiger partial charge in [-0.3, -0.25) is 4.79 Å². The first-order chi connectivity index (χ1) is 16.4. The van der Waals surface area contributed by atoms with Crippen molar-refractivity contribution in [3.8, 4) is 0 Å². The number of thiophene rings is 1. The van der Waals surface area contributed by atoms with Crippen molar-refractivity contribution in [3.05, 3.63) is 76.7 Å². The van der Waals surface area contributed by atoms with Crippen LogP contribution in [-0.4, -0.2) is 38.3 Å². The zero-order valence-corrected chi connectivity index (χ0v) is 20.9. The molecule has 1 atom stereocenters.